The van der Waals surface area contributed by atoms with Gasteiger partial charge in [0.05, 0.1) is 12.5 Å². The summed E-state index contributed by atoms with van der Waals surface area (Å²) in [5.41, 5.74) is 0. The SMILES string of the molecule is CCCOC(=O)C1CC[N]C1. The molecular weight excluding hydrogens is 142 g/mol. The van der Waals surface area contributed by atoms with E-state index < -0.39 is 0 Å². The van der Waals surface area contributed by atoms with E-state index in [1.54, 1.807) is 0 Å². The van der Waals surface area contributed by atoms with Gasteiger partial charge >= 0.3 is 5.97 Å². The van der Waals surface area contributed by atoms with Crippen LogP contribution in [-0.4, -0.2) is 25.7 Å². The first-order chi connectivity index (χ1) is 5.34. The standard InChI is InChI=1S/C8H14NO2/c1-2-5-11-8(10)7-3-4-9-6-7/h7H,2-6H2,1H3. The molecule has 1 rings (SSSR count). The highest BCUT2D eigenvalue weighted by atomic mass is 16.5. The Morgan fingerprint density at radius 1 is 1.73 bits per heavy atom. The minimum atomic E-state index is -0.0619. The largest absolute Gasteiger partial charge is 0.465 e. The minimum Gasteiger partial charge on any atom is -0.465 e. The second-order valence-electron chi connectivity index (χ2n) is 2.78. The van der Waals surface area contributed by atoms with E-state index >= 15 is 0 Å². The van der Waals surface area contributed by atoms with Gasteiger partial charge in [-0.25, -0.2) is 5.32 Å². The van der Waals surface area contributed by atoms with Gasteiger partial charge in [0, 0.05) is 13.1 Å². The van der Waals surface area contributed by atoms with Gasteiger partial charge < -0.3 is 4.74 Å². The van der Waals surface area contributed by atoms with Crippen molar-refractivity contribution in [3.05, 3.63) is 0 Å². The van der Waals surface area contributed by atoms with Gasteiger partial charge in [0.15, 0.2) is 0 Å². The van der Waals surface area contributed by atoms with Crippen LogP contribution in [0.1, 0.15) is 19.8 Å². The molecule has 0 aromatic carbocycles. The van der Waals surface area contributed by atoms with Gasteiger partial charge in [0.1, 0.15) is 0 Å². The number of rotatable bonds is 3. The molecule has 1 aliphatic rings. The average Bonchev–Trinajstić information content (AvgIpc) is 2.52. The number of hydrogen-bond acceptors (Lipinski definition) is 2. The molecular formula is C8H14NO2. The van der Waals surface area contributed by atoms with Crippen LogP contribution in [0.25, 0.3) is 0 Å². The van der Waals surface area contributed by atoms with E-state index in [2.05, 4.69) is 5.32 Å². The number of carbonyl (C=O) groups excluding carboxylic acids is 1. The summed E-state index contributed by atoms with van der Waals surface area (Å²) in [5, 5.41) is 4.09. The Kier molecular flexibility index (Phi) is 3.36. The molecule has 1 unspecified atom stereocenters. The van der Waals surface area contributed by atoms with Gasteiger partial charge in [0.25, 0.3) is 0 Å². The highest BCUT2D eigenvalue weighted by molar-refractivity contribution is 5.73. The molecule has 0 aromatic heterocycles. The fourth-order valence-electron chi connectivity index (χ4n) is 1.10. The van der Waals surface area contributed by atoms with Crippen LogP contribution in [0, 0.1) is 5.92 Å². The molecule has 11 heavy (non-hydrogen) atoms. The highest BCUT2D eigenvalue weighted by Crippen LogP contribution is 2.10. The number of esters is 1. The third-order valence-corrected chi connectivity index (χ3v) is 1.77. The smallest absolute Gasteiger partial charge is 0.310 e. The summed E-state index contributed by atoms with van der Waals surface area (Å²) >= 11 is 0. The van der Waals surface area contributed by atoms with Crippen molar-refractivity contribution in [2.45, 2.75) is 19.8 Å². The van der Waals surface area contributed by atoms with E-state index in [-0.39, 0.29) is 11.9 Å². The Labute approximate surface area is 67.1 Å². The minimum absolute atomic E-state index is 0.0570. The third-order valence-electron chi connectivity index (χ3n) is 1.77. The third kappa shape index (κ3) is 2.50. The quantitative estimate of drug-likeness (QED) is 0.560. The summed E-state index contributed by atoms with van der Waals surface area (Å²) in [6, 6.07) is 0. The van der Waals surface area contributed by atoms with Crippen LogP contribution in [0.4, 0.5) is 0 Å². The lowest BCUT2D eigenvalue weighted by atomic mass is 10.1. The van der Waals surface area contributed by atoms with Crippen LogP contribution in [0.15, 0.2) is 0 Å². The monoisotopic (exact) mass is 156 g/mol. The Bertz CT molecular complexity index is 130. The number of carbonyl (C=O) groups is 1. The van der Waals surface area contributed by atoms with E-state index in [0.29, 0.717) is 13.2 Å². The fraction of sp³-hybridized carbons (Fsp3) is 0.875. The van der Waals surface area contributed by atoms with Crippen LogP contribution in [-0.2, 0) is 9.53 Å². The zero-order chi connectivity index (χ0) is 8.10. The van der Waals surface area contributed by atoms with Crippen molar-refractivity contribution in [1.29, 1.82) is 0 Å². The molecule has 1 atom stereocenters. The Hall–Kier alpha value is -0.570. The first kappa shape index (κ1) is 8.53. The molecule has 3 nitrogen and oxygen atoms in total. The van der Waals surface area contributed by atoms with Crippen molar-refractivity contribution in [3.63, 3.8) is 0 Å². The summed E-state index contributed by atoms with van der Waals surface area (Å²) in [7, 11) is 0. The van der Waals surface area contributed by atoms with Gasteiger partial charge in [-0.05, 0) is 12.8 Å². The second kappa shape index (κ2) is 4.34. The van der Waals surface area contributed by atoms with Crippen LogP contribution < -0.4 is 5.32 Å². The Morgan fingerprint density at radius 2 is 2.55 bits per heavy atom. The molecule has 1 radical (unpaired) electrons. The van der Waals surface area contributed by atoms with Crippen molar-refractivity contribution in [1.82, 2.24) is 5.32 Å². The predicted molar refractivity (Wildman–Crippen MR) is 41.2 cm³/mol. The molecule has 0 N–H and O–H groups in total. The van der Waals surface area contributed by atoms with Crippen molar-refractivity contribution < 1.29 is 9.53 Å². The van der Waals surface area contributed by atoms with E-state index in [9.17, 15) is 4.79 Å². The molecule has 0 spiro atoms. The van der Waals surface area contributed by atoms with Gasteiger partial charge in [-0.3, -0.25) is 4.79 Å². The lowest BCUT2D eigenvalue weighted by Crippen LogP contribution is -2.18. The maximum Gasteiger partial charge on any atom is 0.310 e. The van der Waals surface area contributed by atoms with Crippen molar-refractivity contribution in [2.75, 3.05) is 19.7 Å². The molecule has 1 aliphatic heterocycles. The summed E-state index contributed by atoms with van der Waals surface area (Å²) in [6.45, 7) is 4.04. The summed E-state index contributed by atoms with van der Waals surface area (Å²) in [4.78, 5) is 11.1. The van der Waals surface area contributed by atoms with E-state index in [4.69, 9.17) is 4.74 Å². The van der Waals surface area contributed by atoms with Crippen molar-refractivity contribution in [2.24, 2.45) is 5.92 Å². The van der Waals surface area contributed by atoms with Crippen molar-refractivity contribution in [3.8, 4) is 0 Å². The molecule has 0 aliphatic carbocycles. The van der Waals surface area contributed by atoms with E-state index in [1.165, 1.54) is 0 Å². The molecule has 3 heteroatoms. The maximum atomic E-state index is 11.1. The van der Waals surface area contributed by atoms with Crippen LogP contribution in [0.3, 0.4) is 0 Å². The second-order valence-corrected chi connectivity index (χ2v) is 2.78. The number of hydrogen-bond donors (Lipinski definition) is 0. The van der Waals surface area contributed by atoms with Gasteiger partial charge in [-0.1, -0.05) is 6.92 Å². The molecule has 0 bridgehead atoms. The Balaban J connectivity index is 2.17. The lowest BCUT2D eigenvalue weighted by molar-refractivity contribution is -0.147. The summed E-state index contributed by atoms with van der Waals surface area (Å²) in [5.74, 6) is -0.00495. The fourth-order valence-corrected chi connectivity index (χ4v) is 1.10. The molecule has 0 amide bonds. The van der Waals surface area contributed by atoms with Gasteiger partial charge in [-0.2, -0.15) is 0 Å². The maximum absolute atomic E-state index is 11.1. The molecule has 0 aromatic rings. The average molecular weight is 156 g/mol. The highest BCUT2D eigenvalue weighted by Gasteiger charge is 2.24. The number of nitrogens with zero attached hydrogens (tertiary/aromatic N) is 1. The number of ether oxygens (including phenoxy) is 1. The van der Waals surface area contributed by atoms with Crippen LogP contribution in [0.5, 0.6) is 0 Å². The lowest BCUT2D eigenvalue weighted by Gasteiger charge is -2.06. The van der Waals surface area contributed by atoms with Crippen molar-refractivity contribution >= 4 is 5.97 Å². The normalized spacial score (nSPS) is 23.5. The summed E-state index contributed by atoms with van der Waals surface area (Å²) < 4.78 is 4.98. The molecule has 0 saturated carbocycles. The van der Waals surface area contributed by atoms with Crippen LogP contribution >= 0.6 is 0 Å². The zero-order valence-corrected chi connectivity index (χ0v) is 6.88. The van der Waals surface area contributed by atoms with Crippen LogP contribution in [0.2, 0.25) is 0 Å². The molecule has 1 saturated heterocycles. The zero-order valence-electron chi connectivity index (χ0n) is 6.88. The first-order valence-corrected chi connectivity index (χ1v) is 4.14. The molecule has 1 heterocycles. The molecule has 1 fully saturated rings. The van der Waals surface area contributed by atoms with E-state index in [0.717, 1.165) is 19.4 Å². The van der Waals surface area contributed by atoms with Gasteiger partial charge in [0.2, 0.25) is 0 Å². The predicted octanol–water partition coefficient (Wildman–Crippen LogP) is 0.564. The topological polar surface area (TPSA) is 40.4 Å². The van der Waals surface area contributed by atoms with Gasteiger partial charge in [-0.15, -0.1) is 0 Å². The Morgan fingerprint density at radius 3 is 3.09 bits per heavy atom. The first-order valence-electron chi connectivity index (χ1n) is 4.14. The molecule has 63 valence electrons. The summed E-state index contributed by atoms with van der Waals surface area (Å²) in [6.07, 6.45) is 1.78. The van der Waals surface area contributed by atoms with E-state index in [1.807, 2.05) is 6.92 Å².